The van der Waals surface area contributed by atoms with Gasteiger partial charge in [0.15, 0.2) is 0 Å². The molecule has 4 rings (SSSR count). The van der Waals surface area contributed by atoms with Crippen molar-refractivity contribution in [3.05, 3.63) is 102 Å². The fourth-order valence-electron chi connectivity index (χ4n) is 4.38. The van der Waals surface area contributed by atoms with Crippen LogP contribution in [0.5, 0.6) is 5.75 Å². The smallest absolute Gasteiger partial charge is 0.328 e. The van der Waals surface area contributed by atoms with Crippen molar-refractivity contribution in [2.45, 2.75) is 31.0 Å². The molecule has 1 heterocycles. The number of carbonyl (C=O) groups excluding carboxylic acids is 3. The van der Waals surface area contributed by atoms with E-state index in [4.69, 9.17) is 0 Å². The van der Waals surface area contributed by atoms with Gasteiger partial charge in [-0.2, -0.15) is 0 Å². The number of aliphatic hydroxyl groups excluding tert-OH is 1. The molecule has 0 fully saturated rings. The second kappa shape index (κ2) is 13.4. The fraction of sp³-hybridized carbons (Fsp3) is 0.200. The minimum atomic E-state index is -1.61. The Labute approximate surface area is 239 Å². The van der Waals surface area contributed by atoms with E-state index in [0.29, 0.717) is 11.1 Å². The van der Waals surface area contributed by atoms with Gasteiger partial charge in [0.1, 0.15) is 29.7 Å². The molecule has 0 unspecified atom stereocenters. The van der Waals surface area contributed by atoms with Crippen LogP contribution in [0.4, 0.5) is 4.39 Å². The minimum Gasteiger partial charge on any atom is -0.508 e. The van der Waals surface area contributed by atoms with Gasteiger partial charge in [0.2, 0.25) is 11.8 Å². The van der Waals surface area contributed by atoms with Gasteiger partial charge in [0, 0.05) is 35.5 Å². The Bertz CT molecular complexity index is 1570. The molecule has 0 radical (unpaired) electrons. The number of aromatic hydroxyl groups is 1. The lowest BCUT2D eigenvalue weighted by Crippen LogP contribution is -2.57. The third-order valence-corrected chi connectivity index (χ3v) is 6.63. The molecule has 7 N–H and O–H groups in total. The van der Waals surface area contributed by atoms with Gasteiger partial charge in [-0.15, -0.1) is 0 Å². The normalized spacial score (nSPS) is 13.1. The summed E-state index contributed by atoms with van der Waals surface area (Å²) in [6.45, 7) is -0.869. The van der Waals surface area contributed by atoms with Gasteiger partial charge < -0.3 is 36.3 Å². The van der Waals surface area contributed by atoms with E-state index in [2.05, 4.69) is 20.9 Å². The molecule has 218 valence electrons. The first kappa shape index (κ1) is 29.7. The molecule has 0 saturated carbocycles. The van der Waals surface area contributed by atoms with Crippen molar-refractivity contribution in [3.8, 4) is 5.75 Å². The van der Waals surface area contributed by atoms with Gasteiger partial charge in [-0.3, -0.25) is 14.4 Å². The molecule has 12 heteroatoms. The number of aromatic amines is 1. The fourth-order valence-corrected chi connectivity index (χ4v) is 4.38. The zero-order chi connectivity index (χ0) is 30.2. The topological polar surface area (TPSA) is 181 Å². The number of H-pyrrole nitrogens is 1. The van der Waals surface area contributed by atoms with Crippen LogP contribution in [-0.2, 0) is 27.2 Å². The maximum atomic E-state index is 13.6. The number of amides is 3. The lowest BCUT2D eigenvalue weighted by atomic mass is 10.0. The number of aliphatic carboxylic acids is 1. The van der Waals surface area contributed by atoms with E-state index in [-0.39, 0.29) is 24.2 Å². The Kier molecular flexibility index (Phi) is 9.50. The molecule has 0 aliphatic rings. The van der Waals surface area contributed by atoms with E-state index in [0.717, 1.165) is 23.0 Å². The molecule has 3 aromatic carbocycles. The molecule has 4 aromatic rings. The summed E-state index contributed by atoms with van der Waals surface area (Å²) in [7, 11) is 0. The van der Waals surface area contributed by atoms with Crippen molar-refractivity contribution in [3.63, 3.8) is 0 Å². The molecule has 3 amide bonds. The van der Waals surface area contributed by atoms with Crippen LogP contribution in [0.25, 0.3) is 10.9 Å². The molecule has 1 aromatic heterocycles. The lowest BCUT2D eigenvalue weighted by molar-refractivity contribution is -0.143. The summed E-state index contributed by atoms with van der Waals surface area (Å²) in [6.07, 6.45) is 1.59. The number of phenols is 1. The third-order valence-electron chi connectivity index (χ3n) is 6.63. The van der Waals surface area contributed by atoms with E-state index in [9.17, 15) is 38.9 Å². The summed E-state index contributed by atoms with van der Waals surface area (Å²) < 4.78 is 13.4. The average Bonchev–Trinajstić information content (AvgIpc) is 3.39. The largest absolute Gasteiger partial charge is 0.508 e. The monoisotopic (exact) mass is 576 g/mol. The number of carboxylic acid groups (broad SMARTS) is 1. The van der Waals surface area contributed by atoms with Crippen molar-refractivity contribution in [1.29, 1.82) is 0 Å². The van der Waals surface area contributed by atoms with Crippen LogP contribution in [0.3, 0.4) is 0 Å². The van der Waals surface area contributed by atoms with Crippen molar-refractivity contribution in [2.75, 3.05) is 6.61 Å². The SMILES string of the molecule is O=C(N[C@@H](Cc1ccc(O)cc1)C(=O)N[C@@H](Cc1c[nH]c2ccccc12)C(=O)N[C@@H](CO)C(=O)O)c1ccc(F)cc1. The predicted molar refractivity (Wildman–Crippen MR) is 150 cm³/mol. The van der Waals surface area contributed by atoms with Crippen molar-refractivity contribution >= 4 is 34.6 Å². The number of phenolic OH excluding ortho intramolecular Hbond substituents is 1. The van der Waals surface area contributed by atoms with Gasteiger partial charge in [-0.05, 0) is 53.6 Å². The van der Waals surface area contributed by atoms with Gasteiger partial charge in [-0.1, -0.05) is 30.3 Å². The van der Waals surface area contributed by atoms with E-state index < -0.39 is 54.2 Å². The maximum Gasteiger partial charge on any atom is 0.328 e. The highest BCUT2D eigenvalue weighted by Gasteiger charge is 2.30. The van der Waals surface area contributed by atoms with E-state index in [1.807, 2.05) is 18.2 Å². The van der Waals surface area contributed by atoms with Crippen LogP contribution >= 0.6 is 0 Å². The molecule has 42 heavy (non-hydrogen) atoms. The van der Waals surface area contributed by atoms with Gasteiger partial charge in [0.25, 0.3) is 5.91 Å². The number of aromatic nitrogens is 1. The van der Waals surface area contributed by atoms with E-state index >= 15 is 0 Å². The molecule has 3 atom stereocenters. The van der Waals surface area contributed by atoms with Gasteiger partial charge >= 0.3 is 5.97 Å². The van der Waals surface area contributed by atoms with Gasteiger partial charge in [-0.25, -0.2) is 9.18 Å². The number of rotatable bonds is 12. The first-order valence-electron chi connectivity index (χ1n) is 13.0. The number of hydrogen-bond acceptors (Lipinski definition) is 6. The number of hydrogen-bond donors (Lipinski definition) is 7. The Balaban J connectivity index is 1.62. The molecular formula is C30H29FN4O7. The minimum absolute atomic E-state index is 0.00225. The van der Waals surface area contributed by atoms with Crippen LogP contribution in [0.15, 0.2) is 79.0 Å². The first-order valence-corrected chi connectivity index (χ1v) is 13.0. The van der Waals surface area contributed by atoms with E-state index in [1.54, 1.807) is 24.4 Å². The molecule has 11 nitrogen and oxygen atoms in total. The predicted octanol–water partition coefficient (Wildman–Crippen LogP) is 1.64. The van der Waals surface area contributed by atoms with Crippen molar-refractivity contribution in [1.82, 2.24) is 20.9 Å². The van der Waals surface area contributed by atoms with Crippen molar-refractivity contribution < 1.29 is 38.9 Å². The number of nitrogens with one attached hydrogen (secondary N) is 4. The van der Waals surface area contributed by atoms with Crippen LogP contribution in [-0.4, -0.2) is 68.7 Å². The third kappa shape index (κ3) is 7.49. The number of para-hydroxylation sites is 1. The lowest BCUT2D eigenvalue weighted by Gasteiger charge is -2.24. The van der Waals surface area contributed by atoms with Crippen LogP contribution in [0.2, 0.25) is 0 Å². The average molecular weight is 577 g/mol. The Morgan fingerprint density at radius 1 is 0.786 bits per heavy atom. The summed E-state index contributed by atoms with van der Waals surface area (Å²) >= 11 is 0. The molecule has 0 aliphatic carbocycles. The zero-order valence-corrected chi connectivity index (χ0v) is 22.2. The van der Waals surface area contributed by atoms with Crippen LogP contribution in [0, 0.1) is 5.82 Å². The molecule has 0 saturated heterocycles. The van der Waals surface area contributed by atoms with E-state index in [1.165, 1.54) is 24.3 Å². The standard InChI is InChI=1S/C30H29FN4O7/c31-20-9-7-18(8-10-20)27(38)33-24(13-17-5-11-21(37)12-6-17)28(39)34-25(29(40)35-26(16-36)30(41)42)14-19-15-32-23-4-2-1-3-22(19)23/h1-12,15,24-26,32,36-37H,13-14,16H2,(H,33,38)(H,34,39)(H,35,40)(H,41,42)/t24-,25-,26-/m0/s1. The Morgan fingerprint density at radius 3 is 2.05 bits per heavy atom. The quantitative estimate of drug-likeness (QED) is 0.134. The second-order valence-corrected chi connectivity index (χ2v) is 9.61. The summed E-state index contributed by atoms with van der Waals surface area (Å²) in [5.41, 5.74) is 2.12. The number of benzene rings is 3. The van der Waals surface area contributed by atoms with Crippen LogP contribution < -0.4 is 16.0 Å². The highest BCUT2D eigenvalue weighted by atomic mass is 19.1. The number of fused-ring (bicyclic) bond motifs is 1. The molecule has 0 aliphatic heterocycles. The Morgan fingerprint density at radius 2 is 1.40 bits per heavy atom. The number of carboxylic acids is 1. The summed E-state index contributed by atoms with van der Waals surface area (Å²) in [4.78, 5) is 54.4. The van der Waals surface area contributed by atoms with Crippen molar-refractivity contribution in [2.24, 2.45) is 0 Å². The molecule has 0 bridgehead atoms. The van der Waals surface area contributed by atoms with Crippen LogP contribution in [0.1, 0.15) is 21.5 Å². The Hall–Kier alpha value is -5.23. The summed E-state index contributed by atoms with van der Waals surface area (Å²) in [5, 5.41) is 36.6. The number of halogens is 1. The highest BCUT2D eigenvalue weighted by molar-refractivity contribution is 5.99. The van der Waals surface area contributed by atoms with Gasteiger partial charge in [0.05, 0.1) is 6.61 Å². The summed E-state index contributed by atoms with van der Waals surface area (Å²) in [5.74, 6) is -4.28. The maximum absolute atomic E-state index is 13.6. The number of aliphatic hydroxyl groups is 1. The zero-order valence-electron chi connectivity index (χ0n) is 22.2. The second-order valence-electron chi connectivity index (χ2n) is 9.61. The highest BCUT2D eigenvalue weighted by Crippen LogP contribution is 2.20. The summed E-state index contributed by atoms with van der Waals surface area (Å²) in [6, 6.07) is 13.8. The molecule has 0 spiro atoms. The molecular weight excluding hydrogens is 547 g/mol. The number of carbonyl (C=O) groups is 4. The first-order chi connectivity index (χ1) is 20.1.